The highest BCUT2D eigenvalue weighted by Crippen LogP contribution is 2.28. The Morgan fingerprint density at radius 1 is 1.41 bits per heavy atom. The first-order valence-corrected chi connectivity index (χ1v) is 9.92. The first kappa shape index (κ1) is 15.7. The number of aromatic nitrogens is 2. The summed E-state index contributed by atoms with van der Waals surface area (Å²) in [6, 6.07) is 4.26. The molecule has 0 spiro atoms. The van der Waals surface area contributed by atoms with Crippen molar-refractivity contribution in [1.82, 2.24) is 14.1 Å². The van der Waals surface area contributed by atoms with Crippen LogP contribution in [0.3, 0.4) is 0 Å². The van der Waals surface area contributed by atoms with E-state index in [1.54, 1.807) is 28.9 Å². The van der Waals surface area contributed by atoms with Crippen LogP contribution in [0.1, 0.15) is 30.6 Å². The molecule has 1 saturated heterocycles. The van der Waals surface area contributed by atoms with Crippen LogP contribution >= 0.6 is 11.3 Å². The van der Waals surface area contributed by atoms with Crippen molar-refractivity contribution >= 4 is 21.4 Å². The third-order valence-corrected chi connectivity index (χ3v) is 7.01. The summed E-state index contributed by atoms with van der Waals surface area (Å²) >= 11 is 1.74. The van der Waals surface area contributed by atoms with Gasteiger partial charge in [-0.15, -0.1) is 11.3 Å². The molecule has 1 atom stereocenters. The minimum Gasteiger partial charge on any atom is -0.274 e. The number of hydrogen-bond acceptors (Lipinski definition) is 4. The van der Waals surface area contributed by atoms with Crippen molar-refractivity contribution in [2.75, 3.05) is 6.54 Å². The summed E-state index contributed by atoms with van der Waals surface area (Å²) in [6.07, 6.45) is 7.86. The van der Waals surface area contributed by atoms with Crippen LogP contribution in [0.2, 0.25) is 0 Å². The smallest absolute Gasteiger partial charge is 0.246 e. The van der Waals surface area contributed by atoms with Gasteiger partial charge in [-0.25, -0.2) is 8.42 Å². The average Bonchev–Trinajstić information content (AvgIpc) is 3.17. The maximum Gasteiger partial charge on any atom is 0.246 e. The molecule has 2 aromatic rings. The second-order valence-electron chi connectivity index (χ2n) is 5.73. The van der Waals surface area contributed by atoms with Crippen LogP contribution in [-0.2, 0) is 23.5 Å². The van der Waals surface area contributed by atoms with Gasteiger partial charge >= 0.3 is 0 Å². The number of nitrogens with zero attached hydrogens (tertiary/aromatic N) is 3. The van der Waals surface area contributed by atoms with Gasteiger partial charge in [-0.2, -0.15) is 9.40 Å². The third-order valence-electron chi connectivity index (χ3n) is 4.16. The lowest BCUT2D eigenvalue weighted by atomic mass is 10.0. The molecule has 0 N–H and O–H groups in total. The van der Waals surface area contributed by atoms with Gasteiger partial charge in [0, 0.05) is 30.7 Å². The second-order valence-corrected chi connectivity index (χ2v) is 8.66. The highest BCUT2D eigenvalue weighted by atomic mass is 32.2. The minimum absolute atomic E-state index is 0.0982. The summed E-state index contributed by atoms with van der Waals surface area (Å²) in [4.78, 5) is 1.63. The van der Waals surface area contributed by atoms with Gasteiger partial charge in [0.2, 0.25) is 10.0 Å². The second kappa shape index (κ2) is 6.52. The summed E-state index contributed by atoms with van der Waals surface area (Å²) in [5, 5.41) is 6.07. The summed E-state index contributed by atoms with van der Waals surface area (Å²) in [5.74, 6) is 0. The Bertz CT molecular complexity index is 707. The van der Waals surface area contributed by atoms with Crippen molar-refractivity contribution in [3.63, 3.8) is 0 Å². The zero-order valence-corrected chi connectivity index (χ0v) is 14.3. The number of thiophene rings is 1. The van der Waals surface area contributed by atoms with E-state index in [4.69, 9.17) is 0 Å². The number of rotatable bonds is 5. The lowest BCUT2D eigenvalue weighted by Gasteiger charge is -2.34. The molecule has 0 amide bonds. The number of sulfonamides is 1. The van der Waals surface area contributed by atoms with E-state index in [0.717, 1.165) is 32.1 Å². The zero-order valence-electron chi connectivity index (χ0n) is 12.7. The van der Waals surface area contributed by atoms with Crippen molar-refractivity contribution in [3.8, 4) is 0 Å². The lowest BCUT2D eigenvalue weighted by Crippen LogP contribution is -2.43. The molecule has 3 rings (SSSR count). The Hall–Kier alpha value is -1.18. The van der Waals surface area contributed by atoms with Crippen LogP contribution in [0.15, 0.2) is 34.8 Å². The predicted octanol–water partition coefficient (Wildman–Crippen LogP) is 2.66. The molecule has 3 heterocycles. The van der Waals surface area contributed by atoms with Gasteiger partial charge in [0.25, 0.3) is 0 Å². The lowest BCUT2D eigenvalue weighted by molar-refractivity contribution is 0.241. The number of piperidine rings is 1. The van der Waals surface area contributed by atoms with Crippen LogP contribution in [0, 0.1) is 0 Å². The molecule has 0 saturated carbocycles. The highest BCUT2D eigenvalue weighted by Gasteiger charge is 2.33. The highest BCUT2D eigenvalue weighted by molar-refractivity contribution is 7.89. The van der Waals surface area contributed by atoms with Crippen LogP contribution in [0.5, 0.6) is 0 Å². The molecule has 7 heteroatoms. The standard InChI is InChI=1S/C15H21N3O2S2/c1-17-12-15(11-16-17)22(19,20)18-9-3-2-5-13(18)7-8-14-6-4-10-21-14/h4,6,10-13H,2-3,5,7-9H2,1H3. The van der Waals surface area contributed by atoms with E-state index in [2.05, 4.69) is 16.5 Å². The zero-order chi connectivity index (χ0) is 15.6. The molecule has 22 heavy (non-hydrogen) atoms. The van der Waals surface area contributed by atoms with Crippen LogP contribution < -0.4 is 0 Å². The van der Waals surface area contributed by atoms with Crippen LogP contribution in [0.25, 0.3) is 0 Å². The molecule has 1 aliphatic heterocycles. The first-order chi connectivity index (χ1) is 10.6. The summed E-state index contributed by atoms with van der Waals surface area (Å²) in [5.41, 5.74) is 0. The molecular weight excluding hydrogens is 318 g/mol. The fourth-order valence-electron chi connectivity index (χ4n) is 3.01. The van der Waals surface area contributed by atoms with Crippen molar-refractivity contribution in [2.45, 2.75) is 43.0 Å². The van der Waals surface area contributed by atoms with Crippen molar-refractivity contribution in [3.05, 3.63) is 34.8 Å². The molecule has 1 aliphatic rings. The fourth-order valence-corrected chi connectivity index (χ4v) is 5.44. The summed E-state index contributed by atoms with van der Waals surface area (Å²) in [6.45, 7) is 0.617. The van der Waals surface area contributed by atoms with E-state index < -0.39 is 10.0 Å². The van der Waals surface area contributed by atoms with Gasteiger partial charge in [0.1, 0.15) is 4.90 Å². The Balaban J connectivity index is 1.77. The normalized spacial score (nSPS) is 20.3. The maximum absolute atomic E-state index is 12.8. The molecule has 2 aromatic heterocycles. The molecule has 0 radical (unpaired) electrons. The van der Waals surface area contributed by atoms with E-state index in [-0.39, 0.29) is 6.04 Å². The Morgan fingerprint density at radius 3 is 2.95 bits per heavy atom. The maximum atomic E-state index is 12.8. The molecule has 0 aromatic carbocycles. The predicted molar refractivity (Wildman–Crippen MR) is 87.4 cm³/mol. The quantitative estimate of drug-likeness (QED) is 0.841. The van der Waals surface area contributed by atoms with E-state index in [9.17, 15) is 8.42 Å². The molecule has 1 unspecified atom stereocenters. The molecule has 5 nitrogen and oxygen atoms in total. The Morgan fingerprint density at radius 2 is 2.27 bits per heavy atom. The van der Waals surface area contributed by atoms with Crippen LogP contribution in [0.4, 0.5) is 0 Å². The molecule has 120 valence electrons. The van der Waals surface area contributed by atoms with Crippen molar-refractivity contribution < 1.29 is 8.42 Å². The fraction of sp³-hybridized carbons (Fsp3) is 0.533. The number of hydrogen-bond donors (Lipinski definition) is 0. The Kier molecular flexibility index (Phi) is 4.65. The summed E-state index contributed by atoms with van der Waals surface area (Å²) in [7, 11) is -1.69. The van der Waals surface area contributed by atoms with Gasteiger partial charge in [0.15, 0.2) is 0 Å². The third kappa shape index (κ3) is 3.26. The topological polar surface area (TPSA) is 55.2 Å². The van der Waals surface area contributed by atoms with Gasteiger partial charge in [-0.05, 0) is 37.1 Å². The molecule has 0 bridgehead atoms. The van der Waals surface area contributed by atoms with Crippen LogP contribution in [-0.4, -0.2) is 35.1 Å². The molecular formula is C15H21N3O2S2. The first-order valence-electron chi connectivity index (χ1n) is 7.60. The molecule has 0 aliphatic carbocycles. The monoisotopic (exact) mass is 339 g/mol. The van der Waals surface area contributed by atoms with Gasteiger partial charge in [-0.3, -0.25) is 4.68 Å². The minimum atomic E-state index is -3.43. The van der Waals surface area contributed by atoms with E-state index in [0.29, 0.717) is 11.4 Å². The summed E-state index contributed by atoms with van der Waals surface area (Å²) < 4.78 is 28.9. The SMILES string of the molecule is Cn1cc(S(=O)(=O)N2CCCCC2CCc2cccs2)cn1. The van der Waals surface area contributed by atoms with E-state index in [1.165, 1.54) is 15.8 Å². The van der Waals surface area contributed by atoms with Gasteiger partial charge < -0.3 is 0 Å². The van der Waals surface area contributed by atoms with Crippen molar-refractivity contribution in [2.24, 2.45) is 7.05 Å². The van der Waals surface area contributed by atoms with E-state index in [1.807, 2.05) is 6.07 Å². The molecule has 1 fully saturated rings. The Labute approximate surface area is 135 Å². The van der Waals surface area contributed by atoms with Gasteiger partial charge in [0.05, 0.1) is 6.20 Å². The van der Waals surface area contributed by atoms with Gasteiger partial charge in [-0.1, -0.05) is 12.5 Å². The largest absolute Gasteiger partial charge is 0.274 e. The van der Waals surface area contributed by atoms with E-state index >= 15 is 0 Å². The average molecular weight is 339 g/mol. The van der Waals surface area contributed by atoms with Crippen molar-refractivity contribution in [1.29, 1.82) is 0 Å². The number of aryl methyl sites for hydroxylation is 2.